The first-order valence-electron chi connectivity index (χ1n) is 10.0. The Hall–Kier alpha value is -3.09. The Morgan fingerprint density at radius 3 is 2.38 bits per heavy atom. The number of amides is 2. The molecule has 1 aromatic carbocycles. The number of carbonyl (C=O) groups excluding carboxylic acids is 2. The lowest BCUT2D eigenvalue weighted by molar-refractivity contribution is 0.0566. The summed E-state index contributed by atoms with van der Waals surface area (Å²) in [5.74, 6) is 0.281. The molecule has 29 heavy (non-hydrogen) atoms. The van der Waals surface area contributed by atoms with Crippen molar-refractivity contribution in [1.29, 1.82) is 0 Å². The maximum atomic E-state index is 12.7. The molecule has 7 heteroatoms. The number of pyridine rings is 1. The van der Waals surface area contributed by atoms with Crippen LogP contribution in [0.5, 0.6) is 0 Å². The Bertz CT molecular complexity index is 843. The van der Waals surface area contributed by atoms with Crippen LogP contribution in [0.15, 0.2) is 42.6 Å². The highest BCUT2D eigenvalue weighted by molar-refractivity contribution is 5.92. The smallest absolute Gasteiger partial charge is 0.409 e. The van der Waals surface area contributed by atoms with E-state index in [4.69, 9.17) is 4.74 Å². The van der Waals surface area contributed by atoms with Crippen molar-refractivity contribution < 1.29 is 14.3 Å². The number of para-hydroxylation sites is 1. The fourth-order valence-electron chi connectivity index (χ4n) is 3.33. The third-order valence-electron chi connectivity index (χ3n) is 4.94. The molecule has 1 aromatic heterocycles. The van der Waals surface area contributed by atoms with E-state index in [9.17, 15) is 9.59 Å². The van der Waals surface area contributed by atoms with Crippen LogP contribution in [-0.2, 0) is 4.74 Å². The molecule has 0 saturated carbocycles. The summed E-state index contributed by atoms with van der Waals surface area (Å²) in [6.45, 7) is 8.33. The summed E-state index contributed by atoms with van der Waals surface area (Å²) in [4.78, 5) is 32.2. The summed E-state index contributed by atoms with van der Waals surface area (Å²) in [5, 5.41) is 3.38. The lowest BCUT2D eigenvalue weighted by atomic mass is 10.0. The number of rotatable bonds is 5. The Morgan fingerprint density at radius 1 is 1.07 bits per heavy atom. The minimum atomic E-state index is -0.324. The van der Waals surface area contributed by atoms with E-state index >= 15 is 0 Å². The quantitative estimate of drug-likeness (QED) is 0.831. The molecule has 2 aromatic rings. The van der Waals surface area contributed by atoms with Gasteiger partial charge in [0.1, 0.15) is 5.69 Å². The molecule has 2 heterocycles. The predicted octanol–water partition coefficient (Wildman–Crippen LogP) is 3.86. The van der Waals surface area contributed by atoms with Crippen LogP contribution < -0.4 is 5.32 Å². The molecule has 0 atom stereocenters. The SMILES string of the molecule is CCOC(=O)N1CCN(C(=O)c2ccc(Nc3ccccc3C(C)C)cn2)CC1. The highest BCUT2D eigenvalue weighted by Crippen LogP contribution is 2.26. The van der Waals surface area contributed by atoms with Gasteiger partial charge < -0.3 is 19.9 Å². The van der Waals surface area contributed by atoms with Gasteiger partial charge >= 0.3 is 6.09 Å². The minimum absolute atomic E-state index is 0.123. The zero-order valence-electron chi connectivity index (χ0n) is 17.2. The highest BCUT2D eigenvalue weighted by atomic mass is 16.6. The third-order valence-corrected chi connectivity index (χ3v) is 4.94. The van der Waals surface area contributed by atoms with Crippen molar-refractivity contribution in [2.45, 2.75) is 26.7 Å². The van der Waals surface area contributed by atoms with Gasteiger partial charge in [0.15, 0.2) is 0 Å². The largest absolute Gasteiger partial charge is 0.450 e. The molecule has 1 fully saturated rings. The van der Waals surface area contributed by atoms with E-state index in [0.29, 0.717) is 44.4 Å². The second kappa shape index (κ2) is 9.41. The van der Waals surface area contributed by atoms with Gasteiger partial charge in [-0.2, -0.15) is 0 Å². The second-order valence-corrected chi connectivity index (χ2v) is 7.28. The summed E-state index contributed by atoms with van der Waals surface area (Å²) in [6.07, 6.45) is 1.36. The number of nitrogens with zero attached hydrogens (tertiary/aromatic N) is 3. The van der Waals surface area contributed by atoms with Gasteiger partial charge in [-0.25, -0.2) is 9.78 Å². The third kappa shape index (κ3) is 5.04. The summed E-state index contributed by atoms with van der Waals surface area (Å²) >= 11 is 0. The van der Waals surface area contributed by atoms with Crippen LogP contribution in [0.2, 0.25) is 0 Å². The summed E-state index contributed by atoms with van der Waals surface area (Å²) < 4.78 is 5.01. The molecule has 0 bridgehead atoms. The van der Waals surface area contributed by atoms with E-state index in [-0.39, 0.29) is 12.0 Å². The Balaban J connectivity index is 1.61. The number of hydrogen-bond donors (Lipinski definition) is 1. The number of aromatic nitrogens is 1. The lowest BCUT2D eigenvalue weighted by Gasteiger charge is -2.33. The zero-order valence-corrected chi connectivity index (χ0v) is 17.2. The number of anilines is 2. The average Bonchev–Trinajstić information content (AvgIpc) is 2.74. The van der Waals surface area contributed by atoms with Gasteiger partial charge in [-0.3, -0.25) is 4.79 Å². The van der Waals surface area contributed by atoms with Crippen molar-refractivity contribution in [3.63, 3.8) is 0 Å². The normalized spacial score (nSPS) is 14.1. The topological polar surface area (TPSA) is 74.8 Å². The number of ether oxygens (including phenoxy) is 1. The van der Waals surface area contributed by atoms with E-state index in [1.165, 1.54) is 5.56 Å². The van der Waals surface area contributed by atoms with Crippen LogP contribution in [0.1, 0.15) is 42.7 Å². The summed E-state index contributed by atoms with van der Waals surface area (Å²) in [5.41, 5.74) is 3.50. The van der Waals surface area contributed by atoms with Gasteiger partial charge in [0.25, 0.3) is 5.91 Å². The molecule has 1 saturated heterocycles. The van der Waals surface area contributed by atoms with E-state index < -0.39 is 0 Å². The monoisotopic (exact) mass is 396 g/mol. The number of hydrogen-bond acceptors (Lipinski definition) is 5. The Morgan fingerprint density at radius 2 is 1.76 bits per heavy atom. The number of benzene rings is 1. The molecule has 0 aliphatic carbocycles. The number of carbonyl (C=O) groups is 2. The minimum Gasteiger partial charge on any atom is -0.450 e. The summed E-state index contributed by atoms with van der Waals surface area (Å²) in [6, 6.07) is 11.8. The van der Waals surface area contributed by atoms with Gasteiger partial charge in [-0.1, -0.05) is 32.0 Å². The van der Waals surface area contributed by atoms with Gasteiger partial charge in [0, 0.05) is 31.9 Å². The van der Waals surface area contributed by atoms with E-state index in [1.807, 2.05) is 24.3 Å². The van der Waals surface area contributed by atoms with Crippen LogP contribution in [0, 0.1) is 0 Å². The van der Waals surface area contributed by atoms with Gasteiger partial charge in [-0.15, -0.1) is 0 Å². The van der Waals surface area contributed by atoms with Crippen molar-refractivity contribution in [3.8, 4) is 0 Å². The Kier molecular flexibility index (Phi) is 6.69. The fraction of sp³-hybridized carbons (Fsp3) is 0.409. The van der Waals surface area contributed by atoms with Crippen molar-refractivity contribution in [3.05, 3.63) is 53.9 Å². The molecule has 0 unspecified atom stereocenters. The predicted molar refractivity (Wildman–Crippen MR) is 113 cm³/mol. The van der Waals surface area contributed by atoms with Crippen molar-refractivity contribution in [1.82, 2.24) is 14.8 Å². The van der Waals surface area contributed by atoms with E-state index in [0.717, 1.165) is 11.4 Å². The standard InChI is InChI=1S/C22H28N4O3/c1-4-29-22(28)26-13-11-25(12-14-26)21(27)20-10-9-17(15-23-20)24-19-8-6-5-7-18(19)16(2)3/h5-10,15-16,24H,4,11-14H2,1-3H3. The maximum absolute atomic E-state index is 12.7. The van der Waals surface area contributed by atoms with Crippen LogP contribution >= 0.6 is 0 Å². The molecule has 154 valence electrons. The van der Waals surface area contributed by atoms with Crippen LogP contribution in [0.3, 0.4) is 0 Å². The molecule has 1 aliphatic rings. The fourth-order valence-corrected chi connectivity index (χ4v) is 3.33. The lowest BCUT2D eigenvalue weighted by Crippen LogP contribution is -2.50. The second-order valence-electron chi connectivity index (χ2n) is 7.28. The van der Waals surface area contributed by atoms with Crippen molar-refractivity contribution >= 4 is 23.4 Å². The van der Waals surface area contributed by atoms with Crippen LogP contribution in [-0.4, -0.2) is 59.6 Å². The van der Waals surface area contributed by atoms with E-state index in [2.05, 4.69) is 30.2 Å². The Labute approximate surface area is 171 Å². The molecule has 7 nitrogen and oxygen atoms in total. The summed E-state index contributed by atoms with van der Waals surface area (Å²) in [7, 11) is 0. The van der Waals surface area contributed by atoms with Crippen LogP contribution in [0.25, 0.3) is 0 Å². The van der Waals surface area contributed by atoms with Gasteiger partial charge in [0.2, 0.25) is 0 Å². The maximum Gasteiger partial charge on any atom is 0.409 e. The first kappa shape index (κ1) is 20.6. The van der Waals surface area contributed by atoms with Gasteiger partial charge in [-0.05, 0) is 36.6 Å². The molecular weight excluding hydrogens is 368 g/mol. The molecule has 1 N–H and O–H groups in total. The first-order chi connectivity index (χ1) is 14.0. The molecular formula is C22H28N4O3. The molecule has 1 aliphatic heterocycles. The average molecular weight is 396 g/mol. The highest BCUT2D eigenvalue weighted by Gasteiger charge is 2.26. The number of nitrogens with one attached hydrogen (secondary N) is 1. The zero-order chi connectivity index (χ0) is 20.8. The molecule has 0 radical (unpaired) electrons. The molecule has 0 spiro atoms. The first-order valence-corrected chi connectivity index (χ1v) is 10.0. The molecule has 3 rings (SSSR count). The van der Waals surface area contributed by atoms with Gasteiger partial charge in [0.05, 0.1) is 18.5 Å². The van der Waals surface area contributed by atoms with E-state index in [1.54, 1.807) is 29.0 Å². The van der Waals surface area contributed by atoms with Crippen molar-refractivity contribution in [2.75, 3.05) is 38.1 Å². The van der Waals surface area contributed by atoms with Crippen LogP contribution in [0.4, 0.5) is 16.2 Å². The molecule has 2 amide bonds. The number of piperazine rings is 1. The van der Waals surface area contributed by atoms with Crippen molar-refractivity contribution in [2.24, 2.45) is 0 Å².